The van der Waals surface area contributed by atoms with E-state index in [1.807, 2.05) is 0 Å². The van der Waals surface area contributed by atoms with Gasteiger partial charge in [-0.15, -0.1) is 0 Å². The van der Waals surface area contributed by atoms with Crippen molar-refractivity contribution in [1.82, 2.24) is 0 Å². The first-order valence-electron chi connectivity index (χ1n) is 3.53. The van der Waals surface area contributed by atoms with E-state index < -0.39 is 0 Å². The summed E-state index contributed by atoms with van der Waals surface area (Å²) in [4.78, 5) is 10.1. The lowest BCUT2D eigenvalue weighted by atomic mass is 10.1. The average molecular weight is 163 g/mol. The molecule has 0 atom stereocenters. The standard InChI is InChI=1S/C9H9NO2/c1-3-8-5-4-6-9(7(8)2)10(11)12/h3-6H,1H2,2H3. The summed E-state index contributed by atoms with van der Waals surface area (Å²) in [5.74, 6) is 0. The van der Waals surface area contributed by atoms with Crippen molar-refractivity contribution in [3.63, 3.8) is 0 Å². The number of hydrogen-bond acceptors (Lipinski definition) is 2. The first-order chi connectivity index (χ1) is 5.66. The Balaban J connectivity index is 3.32. The average Bonchev–Trinajstić information content (AvgIpc) is 2.04. The van der Waals surface area contributed by atoms with Crippen LogP contribution in [0.5, 0.6) is 0 Å². The molecule has 0 N–H and O–H groups in total. The summed E-state index contributed by atoms with van der Waals surface area (Å²) in [6.07, 6.45) is 1.61. The number of nitrogens with zero attached hydrogens (tertiary/aromatic N) is 1. The van der Waals surface area contributed by atoms with Gasteiger partial charge in [0, 0.05) is 11.6 Å². The Kier molecular flexibility index (Phi) is 2.24. The van der Waals surface area contributed by atoms with Gasteiger partial charge >= 0.3 is 0 Å². The molecular weight excluding hydrogens is 154 g/mol. The van der Waals surface area contributed by atoms with Crippen LogP contribution in [0.4, 0.5) is 5.69 Å². The molecule has 0 saturated heterocycles. The lowest BCUT2D eigenvalue weighted by Crippen LogP contribution is -1.92. The van der Waals surface area contributed by atoms with E-state index in [1.165, 1.54) is 6.07 Å². The molecule has 0 heterocycles. The van der Waals surface area contributed by atoms with E-state index in [0.29, 0.717) is 5.56 Å². The smallest absolute Gasteiger partial charge is 0.258 e. The van der Waals surface area contributed by atoms with Crippen LogP contribution >= 0.6 is 0 Å². The minimum absolute atomic E-state index is 0.146. The second-order valence-electron chi connectivity index (χ2n) is 2.45. The van der Waals surface area contributed by atoms with Crippen LogP contribution in [0.3, 0.4) is 0 Å². The van der Waals surface area contributed by atoms with Gasteiger partial charge in [-0.05, 0) is 12.5 Å². The number of nitro benzene ring substituents is 1. The Morgan fingerprint density at radius 1 is 1.58 bits per heavy atom. The topological polar surface area (TPSA) is 43.1 Å². The lowest BCUT2D eigenvalue weighted by Gasteiger charge is -1.99. The summed E-state index contributed by atoms with van der Waals surface area (Å²) in [6, 6.07) is 4.94. The summed E-state index contributed by atoms with van der Waals surface area (Å²) in [5, 5.41) is 10.5. The minimum atomic E-state index is -0.387. The molecule has 0 aromatic heterocycles. The quantitative estimate of drug-likeness (QED) is 0.496. The van der Waals surface area contributed by atoms with Gasteiger partial charge < -0.3 is 0 Å². The molecule has 0 unspecified atom stereocenters. The molecule has 1 aromatic rings. The SMILES string of the molecule is C=Cc1cccc([N+](=O)[O-])c1C. The van der Waals surface area contributed by atoms with E-state index >= 15 is 0 Å². The van der Waals surface area contributed by atoms with Crippen molar-refractivity contribution in [3.05, 3.63) is 46.0 Å². The van der Waals surface area contributed by atoms with E-state index in [-0.39, 0.29) is 10.6 Å². The fraction of sp³-hybridized carbons (Fsp3) is 0.111. The van der Waals surface area contributed by atoms with Gasteiger partial charge in [0.1, 0.15) is 0 Å². The van der Waals surface area contributed by atoms with Gasteiger partial charge in [-0.25, -0.2) is 0 Å². The third kappa shape index (κ3) is 1.34. The molecule has 0 saturated carbocycles. The van der Waals surface area contributed by atoms with Gasteiger partial charge in [-0.1, -0.05) is 24.8 Å². The number of nitro groups is 1. The Hall–Kier alpha value is -1.64. The highest BCUT2D eigenvalue weighted by molar-refractivity contribution is 5.58. The van der Waals surface area contributed by atoms with Crippen molar-refractivity contribution >= 4 is 11.8 Å². The highest BCUT2D eigenvalue weighted by Gasteiger charge is 2.10. The van der Waals surface area contributed by atoms with Crippen molar-refractivity contribution in [1.29, 1.82) is 0 Å². The van der Waals surface area contributed by atoms with Gasteiger partial charge in [0.2, 0.25) is 0 Å². The summed E-state index contributed by atoms with van der Waals surface area (Å²) < 4.78 is 0. The number of rotatable bonds is 2. The van der Waals surface area contributed by atoms with Crippen LogP contribution in [0.15, 0.2) is 24.8 Å². The second-order valence-corrected chi connectivity index (χ2v) is 2.45. The van der Waals surface area contributed by atoms with E-state index in [2.05, 4.69) is 6.58 Å². The summed E-state index contributed by atoms with van der Waals surface area (Å²) >= 11 is 0. The van der Waals surface area contributed by atoms with E-state index in [9.17, 15) is 10.1 Å². The summed E-state index contributed by atoms with van der Waals surface area (Å²) in [6.45, 7) is 5.29. The maximum Gasteiger partial charge on any atom is 0.272 e. The molecular formula is C9H9NO2. The van der Waals surface area contributed by atoms with Crippen LogP contribution in [-0.2, 0) is 0 Å². The maximum absolute atomic E-state index is 10.5. The van der Waals surface area contributed by atoms with Crippen LogP contribution in [0.25, 0.3) is 6.08 Å². The molecule has 3 nitrogen and oxygen atoms in total. The third-order valence-corrected chi connectivity index (χ3v) is 1.76. The zero-order valence-corrected chi connectivity index (χ0v) is 6.78. The molecule has 1 aromatic carbocycles. The monoisotopic (exact) mass is 163 g/mol. The molecule has 0 radical (unpaired) electrons. The maximum atomic E-state index is 10.5. The second kappa shape index (κ2) is 3.17. The normalized spacial score (nSPS) is 9.42. The first-order valence-corrected chi connectivity index (χ1v) is 3.53. The largest absolute Gasteiger partial charge is 0.272 e. The van der Waals surface area contributed by atoms with Crippen LogP contribution in [0.2, 0.25) is 0 Å². The Bertz CT molecular complexity index is 331. The van der Waals surface area contributed by atoms with Gasteiger partial charge in [0.05, 0.1) is 4.92 Å². The molecule has 62 valence electrons. The minimum Gasteiger partial charge on any atom is -0.258 e. The Morgan fingerprint density at radius 2 is 2.25 bits per heavy atom. The molecule has 0 fully saturated rings. The molecule has 0 aliphatic carbocycles. The molecule has 3 heteroatoms. The highest BCUT2D eigenvalue weighted by Crippen LogP contribution is 2.21. The summed E-state index contributed by atoms with van der Waals surface area (Å²) in [5.41, 5.74) is 1.62. The number of hydrogen-bond donors (Lipinski definition) is 0. The van der Waals surface area contributed by atoms with Gasteiger partial charge in [-0.3, -0.25) is 10.1 Å². The Labute approximate surface area is 70.5 Å². The highest BCUT2D eigenvalue weighted by atomic mass is 16.6. The van der Waals surface area contributed by atoms with Crippen LogP contribution in [0, 0.1) is 17.0 Å². The van der Waals surface area contributed by atoms with Crippen molar-refractivity contribution in [2.45, 2.75) is 6.92 Å². The molecule has 0 aliphatic rings. The molecule has 1 rings (SSSR count). The first kappa shape index (κ1) is 8.46. The van der Waals surface area contributed by atoms with Crippen LogP contribution in [-0.4, -0.2) is 4.92 Å². The van der Waals surface area contributed by atoms with E-state index in [4.69, 9.17) is 0 Å². The van der Waals surface area contributed by atoms with Gasteiger partial charge in [-0.2, -0.15) is 0 Å². The molecule has 0 bridgehead atoms. The van der Waals surface area contributed by atoms with Gasteiger partial charge in [0.15, 0.2) is 0 Å². The van der Waals surface area contributed by atoms with Crippen molar-refractivity contribution in [2.75, 3.05) is 0 Å². The van der Waals surface area contributed by atoms with Crippen molar-refractivity contribution in [3.8, 4) is 0 Å². The fourth-order valence-electron chi connectivity index (χ4n) is 1.06. The van der Waals surface area contributed by atoms with E-state index in [0.717, 1.165) is 5.56 Å². The van der Waals surface area contributed by atoms with E-state index in [1.54, 1.807) is 25.1 Å². The van der Waals surface area contributed by atoms with Crippen molar-refractivity contribution in [2.24, 2.45) is 0 Å². The molecule has 0 spiro atoms. The third-order valence-electron chi connectivity index (χ3n) is 1.76. The fourth-order valence-corrected chi connectivity index (χ4v) is 1.06. The molecule has 0 aliphatic heterocycles. The number of benzene rings is 1. The van der Waals surface area contributed by atoms with Crippen molar-refractivity contribution < 1.29 is 4.92 Å². The predicted octanol–water partition coefficient (Wildman–Crippen LogP) is 2.55. The zero-order valence-electron chi connectivity index (χ0n) is 6.78. The zero-order chi connectivity index (χ0) is 9.14. The van der Waals surface area contributed by atoms with Crippen LogP contribution < -0.4 is 0 Å². The molecule has 0 amide bonds. The predicted molar refractivity (Wildman–Crippen MR) is 47.9 cm³/mol. The molecule has 12 heavy (non-hydrogen) atoms. The van der Waals surface area contributed by atoms with Crippen LogP contribution in [0.1, 0.15) is 11.1 Å². The summed E-state index contributed by atoms with van der Waals surface area (Å²) in [7, 11) is 0. The van der Waals surface area contributed by atoms with Gasteiger partial charge in [0.25, 0.3) is 5.69 Å². The lowest BCUT2D eigenvalue weighted by molar-refractivity contribution is -0.385. The Morgan fingerprint density at radius 3 is 2.75 bits per heavy atom.